The average molecular weight is 364 g/mol. The first-order chi connectivity index (χ1) is 13.8. The van der Waals surface area contributed by atoms with E-state index in [0.29, 0.717) is 5.69 Å². The van der Waals surface area contributed by atoms with Crippen LogP contribution in [-0.2, 0) is 5.54 Å². The highest BCUT2D eigenvalue weighted by molar-refractivity contribution is 6.02. The Morgan fingerprint density at radius 3 is 1.57 bits per heavy atom. The highest BCUT2D eigenvalue weighted by Gasteiger charge is 2.39. The van der Waals surface area contributed by atoms with Crippen molar-refractivity contribution in [2.24, 2.45) is 0 Å². The maximum absolute atomic E-state index is 12.2. The van der Waals surface area contributed by atoms with E-state index >= 15 is 0 Å². The lowest BCUT2D eigenvalue weighted by atomic mass is 9.77. The number of carbonyl (C=O) groups excluding carboxylic acids is 1. The fourth-order valence-corrected chi connectivity index (χ4v) is 3.68. The minimum atomic E-state index is -0.705. The summed E-state index contributed by atoms with van der Waals surface area (Å²) < 4.78 is 1.88. The van der Waals surface area contributed by atoms with Crippen LogP contribution in [0.3, 0.4) is 0 Å². The van der Waals surface area contributed by atoms with Gasteiger partial charge in [0, 0.05) is 6.20 Å². The zero-order chi connectivity index (χ0) is 19.4. The predicted octanol–water partition coefficient (Wildman–Crippen LogP) is 5.09. The molecule has 1 aromatic heterocycles. The monoisotopic (exact) mass is 364 g/mol. The van der Waals surface area contributed by atoms with Gasteiger partial charge in [-0.25, -0.2) is 0 Å². The van der Waals surface area contributed by atoms with Gasteiger partial charge in [-0.1, -0.05) is 97.6 Å². The Hall–Kier alpha value is -3.72. The van der Waals surface area contributed by atoms with Crippen LogP contribution in [0.15, 0.2) is 116 Å². The smallest absolute Gasteiger partial charge is 0.205 e. The van der Waals surface area contributed by atoms with Gasteiger partial charge in [0.2, 0.25) is 5.78 Å². The normalized spacial score (nSPS) is 11.1. The minimum Gasteiger partial charge on any atom is -0.287 e. The molecule has 0 atom stereocenters. The average Bonchev–Trinajstić information content (AvgIpc) is 3.26. The topological polar surface area (TPSA) is 34.9 Å². The molecule has 4 rings (SSSR count). The van der Waals surface area contributed by atoms with E-state index in [1.807, 2.05) is 65.5 Å². The van der Waals surface area contributed by atoms with Gasteiger partial charge in [-0.05, 0) is 28.8 Å². The SMILES string of the molecule is C=CC(=O)c1ccn(C(c2ccccc2)(c2ccccc2)c2ccccc2)n1. The third kappa shape index (κ3) is 2.87. The summed E-state index contributed by atoms with van der Waals surface area (Å²) in [6, 6.07) is 32.4. The van der Waals surface area contributed by atoms with Crippen molar-refractivity contribution in [1.29, 1.82) is 0 Å². The van der Waals surface area contributed by atoms with Gasteiger partial charge < -0.3 is 0 Å². The van der Waals surface area contributed by atoms with Crippen molar-refractivity contribution in [3.05, 3.63) is 138 Å². The Kier molecular flexibility index (Phi) is 4.73. The van der Waals surface area contributed by atoms with Crippen LogP contribution in [0.5, 0.6) is 0 Å². The summed E-state index contributed by atoms with van der Waals surface area (Å²) in [5.41, 5.74) is 2.86. The predicted molar refractivity (Wildman–Crippen MR) is 111 cm³/mol. The standard InChI is InChI=1S/C25H20N2O/c1-2-24(28)23-18-19-27(26-23)25(20-12-6-3-7-13-20,21-14-8-4-9-15-21)22-16-10-5-11-17-22/h2-19H,1H2. The molecule has 0 bridgehead atoms. The van der Waals surface area contributed by atoms with Crippen LogP contribution < -0.4 is 0 Å². The second kappa shape index (κ2) is 7.49. The summed E-state index contributed by atoms with van der Waals surface area (Å²) in [6.45, 7) is 3.58. The maximum atomic E-state index is 12.2. The lowest BCUT2D eigenvalue weighted by Crippen LogP contribution is -2.38. The third-order valence-corrected chi connectivity index (χ3v) is 4.95. The van der Waals surface area contributed by atoms with Gasteiger partial charge in [0.05, 0.1) is 0 Å². The molecule has 136 valence electrons. The van der Waals surface area contributed by atoms with Crippen LogP contribution in [0.2, 0.25) is 0 Å². The molecule has 0 fully saturated rings. The molecule has 0 unspecified atom stereocenters. The largest absolute Gasteiger partial charge is 0.287 e. The van der Waals surface area contributed by atoms with Gasteiger partial charge in [0.15, 0.2) is 0 Å². The number of allylic oxidation sites excluding steroid dienone is 1. The van der Waals surface area contributed by atoms with Crippen molar-refractivity contribution in [2.45, 2.75) is 5.54 Å². The van der Waals surface area contributed by atoms with Crippen molar-refractivity contribution in [3.8, 4) is 0 Å². The molecule has 0 spiro atoms. The maximum Gasteiger partial charge on any atom is 0.205 e. The lowest BCUT2D eigenvalue weighted by molar-refractivity contribution is 0.104. The second-order valence-electron chi connectivity index (χ2n) is 6.52. The number of ketones is 1. The fourth-order valence-electron chi connectivity index (χ4n) is 3.68. The van der Waals surface area contributed by atoms with E-state index in [4.69, 9.17) is 0 Å². The number of benzene rings is 3. The molecule has 0 aliphatic carbocycles. The Morgan fingerprint density at radius 1 is 0.750 bits per heavy atom. The highest BCUT2D eigenvalue weighted by Crippen LogP contribution is 2.40. The molecule has 28 heavy (non-hydrogen) atoms. The zero-order valence-electron chi connectivity index (χ0n) is 15.4. The number of nitrogens with zero attached hydrogens (tertiary/aromatic N) is 2. The minimum absolute atomic E-state index is 0.193. The van der Waals surface area contributed by atoms with E-state index in [2.05, 4.69) is 48.1 Å². The van der Waals surface area contributed by atoms with Gasteiger partial charge in [0.1, 0.15) is 11.2 Å². The number of carbonyl (C=O) groups is 1. The van der Waals surface area contributed by atoms with Crippen molar-refractivity contribution in [2.75, 3.05) is 0 Å². The van der Waals surface area contributed by atoms with Gasteiger partial charge in [-0.15, -0.1) is 0 Å². The van der Waals surface area contributed by atoms with Gasteiger partial charge >= 0.3 is 0 Å². The quantitative estimate of drug-likeness (QED) is 0.271. The summed E-state index contributed by atoms with van der Waals surface area (Å²) in [5, 5.41) is 4.68. The molecule has 0 radical (unpaired) electrons. The van der Waals surface area contributed by atoms with Crippen molar-refractivity contribution < 1.29 is 4.79 Å². The molecular formula is C25H20N2O. The third-order valence-electron chi connectivity index (χ3n) is 4.95. The van der Waals surface area contributed by atoms with Crippen molar-refractivity contribution in [1.82, 2.24) is 9.78 Å². The van der Waals surface area contributed by atoms with E-state index in [-0.39, 0.29) is 5.78 Å². The molecule has 0 saturated heterocycles. The van der Waals surface area contributed by atoms with E-state index < -0.39 is 5.54 Å². The molecule has 1 heterocycles. The highest BCUT2D eigenvalue weighted by atomic mass is 16.1. The summed E-state index contributed by atoms with van der Waals surface area (Å²) >= 11 is 0. The summed E-state index contributed by atoms with van der Waals surface area (Å²) in [5.74, 6) is -0.193. The first kappa shape index (κ1) is 17.7. The van der Waals surface area contributed by atoms with Gasteiger partial charge in [-0.2, -0.15) is 5.10 Å². The number of aromatic nitrogens is 2. The Balaban J connectivity index is 2.09. The molecule has 0 aliphatic rings. The van der Waals surface area contributed by atoms with Crippen molar-refractivity contribution in [3.63, 3.8) is 0 Å². The molecule has 0 N–H and O–H groups in total. The number of hydrogen-bond acceptors (Lipinski definition) is 2. The van der Waals surface area contributed by atoms with Crippen LogP contribution in [0.25, 0.3) is 0 Å². The molecule has 0 amide bonds. The van der Waals surface area contributed by atoms with E-state index in [9.17, 15) is 4.79 Å². The van der Waals surface area contributed by atoms with Crippen LogP contribution in [0.4, 0.5) is 0 Å². The molecule has 3 aromatic carbocycles. The van der Waals surface area contributed by atoms with Crippen molar-refractivity contribution >= 4 is 5.78 Å². The lowest BCUT2D eigenvalue weighted by Gasteiger charge is -2.36. The Labute approximate surface area is 164 Å². The molecule has 0 aliphatic heterocycles. The van der Waals surface area contributed by atoms with Crippen LogP contribution in [-0.4, -0.2) is 15.6 Å². The van der Waals surface area contributed by atoms with E-state index in [1.165, 1.54) is 6.08 Å². The number of rotatable bonds is 6. The van der Waals surface area contributed by atoms with Crippen LogP contribution >= 0.6 is 0 Å². The number of hydrogen-bond donors (Lipinski definition) is 0. The van der Waals surface area contributed by atoms with Crippen LogP contribution in [0, 0.1) is 0 Å². The fraction of sp³-hybridized carbons (Fsp3) is 0.0400. The first-order valence-corrected chi connectivity index (χ1v) is 9.16. The first-order valence-electron chi connectivity index (χ1n) is 9.16. The van der Waals surface area contributed by atoms with Gasteiger partial charge in [-0.3, -0.25) is 9.48 Å². The van der Waals surface area contributed by atoms with Gasteiger partial charge in [0.25, 0.3) is 0 Å². The Morgan fingerprint density at radius 2 is 1.18 bits per heavy atom. The zero-order valence-corrected chi connectivity index (χ0v) is 15.4. The van der Waals surface area contributed by atoms with Crippen LogP contribution in [0.1, 0.15) is 27.2 Å². The van der Waals surface area contributed by atoms with E-state index in [0.717, 1.165) is 16.7 Å². The molecule has 4 aromatic rings. The summed E-state index contributed by atoms with van der Waals surface area (Å²) in [7, 11) is 0. The molecular weight excluding hydrogens is 344 g/mol. The summed E-state index contributed by atoms with van der Waals surface area (Å²) in [6.07, 6.45) is 3.16. The summed E-state index contributed by atoms with van der Waals surface area (Å²) in [4.78, 5) is 12.2. The Bertz CT molecular complexity index is 986. The molecule has 3 heteroatoms. The molecule has 0 saturated carbocycles. The second-order valence-corrected chi connectivity index (χ2v) is 6.52. The van der Waals surface area contributed by atoms with E-state index in [1.54, 1.807) is 6.07 Å². The molecule has 3 nitrogen and oxygen atoms in total.